The van der Waals surface area contributed by atoms with E-state index in [1.165, 1.54) is 6.07 Å². The fraction of sp³-hybridized carbons (Fsp3) is 0.231. The molecule has 0 saturated heterocycles. The zero-order chi connectivity index (χ0) is 24.6. The summed E-state index contributed by atoms with van der Waals surface area (Å²) in [5, 5.41) is 13.8. The van der Waals surface area contributed by atoms with Gasteiger partial charge in [-0.15, -0.1) is 0 Å². The predicted molar refractivity (Wildman–Crippen MR) is 128 cm³/mol. The molecule has 0 saturated carbocycles. The average molecular weight is 476 g/mol. The lowest BCUT2D eigenvalue weighted by molar-refractivity contribution is -0.138. The van der Waals surface area contributed by atoms with Crippen LogP contribution in [-0.2, 0) is 14.3 Å². The highest BCUT2D eigenvalue weighted by atomic mass is 16.5. The summed E-state index contributed by atoms with van der Waals surface area (Å²) < 4.78 is 10.6. The van der Waals surface area contributed by atoms with Gasteiger partial charge in [0.05, 0.1) is 19.6 Å². The third kappa shape index (κ3) is 6.01. The van der Waals surface area contributed by atoms with Crippen LogP contribution in [0, 0.1) is 0 Å². The van der Waals surface area contributed by atoms with Crippen molar-refractivity contribution in [1.82, 2.24) is 10.3 Å². The Morgan fingerprint density at radius 2 is 1.57 bits per heavy atom. The second kappa shape index (κ2) is 11.3. The Morgan fingerprint density at radius 3 is 2.26 bits per heavy atom. The molecule has 3 N–H and O–H groups in total. The number of aromatic nitrogens is 1. The molecule has 0 bridgehead atoms. The number of carbonyl (C=O) groups is 3. The number of carbonyl (C=O) groups excluding carboxylic acids is 2. The normalized spacial score (nSPS) is 11.9. The SMILES string of the molecule is O=C(O)CCOCCNC(=O)c1cccc(NC(=O)OCC2c3ccccc3-c3ccccc32)n1. The van der Waals surface area contributed by atoms with Gasteiger partial charge < -0.3 is 19.9 Å². The molecule has 1 aliphatic carbocycles. The molecule has 2 aromatic carbocycles. The molecule has 4 rings (SSSR count). The molecule has 3 aromatic rings. The summed E-state index contributed by atoms with van der Waals surface area (Å²) in [7, 11) is 0. The molecular formula is C26H25N3O6. The van der Waals surface area contributed by atoms with Gasteiger partial charge in [0.1, 0.15) is 18.1 Å². The van der Waals surface area contributed by atoms with Crippen molar-refractivity contribution in [2.75, 3.05) is 31.7 Å². The lowest BCUT2D eigenvalue weighted by atomic mass is 9.98. The fourth-order valence-electron chi connectivity index (χ4n) is 3.96. The summed E-state index contributed by atoms with van der Waals surface area (Å²) in [5.41, 5.74) is 4.64. The zero-order valence-corrected chi connectivity index (χ0v) is 18.9. The number of benzene rings is 2. The van der Waals surface area contributed by atoms with Gasteiger partial charge in [0.15, 0.2) is 0 Å². The van der Waals surface area contributed by atoms with Crippen LogP contribution in [0.2, 0.25) is 0 Å². The standard InChI is InChI=1S/C26H25N3O6/c30-24(31)12-14-34-15-13-27-25(32)22-10-5-11-23(28-22)29-26(33)35-16-21-19-8-3-1-6-17(19)18-7-2-4-9-20(18)21/h1-11,21H,12-16H2,(H,27,32)(H,30,31)(H,28,29,33). The van der Waals surface area contributed by atoms with Gasteiger partial charge in [0.2, 0.25) is 0 Å². The van der Waals surface area contributed by atoms with E-state index in [1.807, 2.05) is 36.4 Å². The van der Waals surface area contributed by atoms with E-state index in [4.69, 9.17) is 14.6 Å². The molecule has 0 aliphatic heterocycles. The topological polar surface area (TPSA) is 127 Å². The first-order chi connectivity index (χ1) is 17.0. The molecule has 2 amide bonds. The second-order valence-corrected chi connectivity index (χ2v) is 7.87. The number of hydrogen-bond acceptors (Lipinski definition) is 6. The van der Waals surface area contributed by atoms with Crippen molar-refractivity contribution in [3.8, 4) is 11.1 Å². The van der Waals surface area contributed by atoms with Crippen LogP contribution in [0.3, 0.4) is 0 Å². The smallest absolute Gasteiger partial charge is 0.412 e. The van der Waals surface area contributed by atoms with Crippen LogP contribution in [0.25, 0.3) is 11.1 Å². The number of nitrogens with zero attached hydrogens (tertiary/aromatic N) is 1. The van der Waals surface area contributed by atoms with Gasteiger partial charge in [0.25, 0.3) is 5.91 Å². The fourth-order valence-corrected chi connectivity index (χ4v) is 3.96. The van der Waals surface area contributed by atoms with E-state index in [9.17, 15) is 14.4 Å². The van der Waals surface area contributed by atoms with Crippen LogP contribution >= 0.6 is 0 Å². The number of fused-ring (bicyclic) bond motifs is 3. The Kier molecular flexibility index (Phi) is 7.69. The van der Waals surface area contributed by atoms with E-state index in [2.05, 4.69) is 27.8 Å². The van der Waals surface area contributed by atoms with E-state index < -0.39 is 18.0 Å². The third-order valence-electron chi connectivity index (χ3n) is 5.55. The van der Waals surface area contributed by atoms with Crippen molar-refractivity contribution < 1.29 is 29.0 Å². The second-order valence-electron chi connectivity index (χ2n) is 7.87. The Balaban J connectivity index is 1.29. The number of pyridine rings is 1. The lowest BCUT2D eigenvalue weighted by Gasteiger charge is -2.14. The van der Waals surface area contributed by atoms with E-state index >= 15 is 0 Å². The van der Waals surface area contributed by atoms with Crippen LogP contribution in [0.5, 0.6) is 0 Å². The highest BCUT2D eigenvalue weighted by Gasteiger charge is 2.29. The number of nitrogens with one attached hydrogen (secondary N) is 2. The molecule has 0 fully saturated rings. The van der Waals surface area contributed by atoms with E-state index in [0.29, 0.717) is 0 Å². The highest BCUT2D eigenvalue weighted by molar-refractivity contribution is 5.93. The summed E-state index contributed by atoms with van der Waals surface area (Å²) >= 11 is 0. The molecular weight excluding hydrogens is 450 g/mol. The molecule has 9 heteroatoms. The van der Waals surface area contributed by atoms with Gasteiger partial charge in [-0.25, -0.2) is 9.78 Å². The van der Waals surface area contributed by atoms with E-state index in [1.54, 1.807) is 12.1 Å². The molecule has 1 aromatic heterocycles. The Hall–Kier alpha value is -4.24. The zero-order valence-electron chi connectivity index (χ0n) is 18.9. The number of rotatable bonds is 10. The summed E-state index contributed by atoms with van der Waals surface area (Å²) in [4.78, 5) is 39.4. The molecule has 35 heavy (non-hydrogen) atoms. The number of amides is 2. The largest absolute Gasteiger partial charge is 0.481 e. The lowest BCUT2D eigenvalue weighted by Crippen LogP contribution is -2.28. The predicted octanol–water partition coefficient (Wildman–Crippen LogP) is 3.66. The number of ether oxygens (including phenoxy) is 2. The Labute approximate surface area is 202 Å². The van der Waals surface area contributed by atoms with Crippen LogP contribution < -0.4 is 10.6 Å². The molecule has 1 heterocycles. The van der Waals surface area contributed by atoms with Crippen molar-refractivity contribution >= 4 is 23.8 Å². The quantitative estimate of drug-likeness (QED) is 0.382. The molecule has 1 aliphatic rings. The number of aliphatic carboxylic acids is 1. The minimum Gasteiger partial charge on any atom is -0.481 e. The summed E-state index contributed by atoms with van der Waals surface area (Å²) in [6.07, 6.45) is -0.761. The number of hydrogen-bond donors (Lipinski definition) is 3. The van der Waals surface area contributed by atoms with Gasteiger partial charge in [-0.2, -0.15) is 0 Å². The highest BCUT2D eigenvalue weighted by Crippen LogP contribution is 2.44. The first kappa shape index (κ1) is 23.9. The molecule has 180 valence electrons. The van der Waals surface area contributed by atoms with Crippen LogP contribution in [0.4, 0.5) is 10.6 Å². The first-order valence-corrected chi connectivity index (χ1v) is 11.2. The van der Waals surface area contributed by atoms with E-state index in [0.717, 1.165) is 22.3 Å². The maximum absolute atomic E-state index is 12.5. The maximum Gasteiger partial charge on any atom is 0.412 e. The number of carboxylic acid groups (broad SMARTS) is 1. The number of anilines is 1. The van der Waals surface area contributed by atoms with Gasteiger partial charge in [-0.1, -0.05) is 54.6 Å². The summed E-state index contributed by atoms with van der Waals surface area (Å²) in [6, 6.07) is 20.8. The van der Waals surface area contributed by atoms with Gasteiger partial charge in [-0.05, 0) is 34.4 Å². The minimum atomic E-state index is -0.945. The Morgan fingerprint density at radius 1 is 0.886 bits per heavy atom. The van der Waals surface area contributed by atoms with Gasteiger partial charge in [0, 0.05) is 12.5 Å². The third-order valence-corrected chi connectivity index (χ3v) is 5.55. The van der Waals surface area contributed by atoms with Gasteiger partial charge >= 0.3 is 12.1 Å². The van der Waals surface area contributed by atoms with Crippen molar-refractivity contribution in [2.45, 2.75) is 12.3 Å². The summed E-state index contributed by atoms with van der Waals surface area (Å²) in [5.74, 6) is -1.26. The molecule has 0 spiro atoms. The first-order valence-electron chi connectivity index (χ1n) is 11.2. The van der Waals surface area contributed by atoms with Crippen LogP contribution in [0.1, 0.15) is 34.0 Å². The average Bonchev–Trinajstić information content (AvgIpc) is 3.18. The van der Waals surface area contributed by atoms with Gasteiger partial charge in [-0.3, -0.25) is 14.9 Å². The molecule has 0 radical (unpaired) electrons. The van der Waals surface area contributed by atoms with Crippen LogP contribution in [0.15, 0.2) is 66.7 Å². The van der Waals surface area contributed by atoms with Crippen LogP contribution in [-0.4, -0.2) is 54.4 Å². The molecule has 0 atom stereocenters. The minimum absolute atomic E-state index is 0.0593. The van der Waals surface area contributed by atoms with Crippen molar-refractivity contribution in [1.29, 1.82) is 0 Å². The summed E-state index contributed by atoms with van der Waals surface area (Å²) in [6.45, 7) is 0.617. The van der Waals surface area contributed by atoms with Crippen molar-refractivity contribution in [3.05, 3.63) is 83.6 Å². The monoisotopic (exact) mass is 475 g/mol. The number of carboxylic acids is 1. The van der Waals surface area contributed by atoms with Crippen molar-refractivity contribution in [3.63, 3.8) is 0 Å². The molecule has 0 unspecified atom stereocenters. The maximum atomic E-state index is 12.5. The van der Waals surface area contributed by atoms with E-state index in [-0.39, 0.29) is 50.2 Å². The van der Waals surface area contributed by atoms with Crippen molar-refractivity contribution in [2.24, 2.45) is 0 Å². The Bertz CT molecular complexity index is 1180. The molecule has 9 nitrogen and oxygen atoms in total.